The van der Waals surface area contributed by atoms with Gasteiger partial charge in [0.05, 0.1) is 65.3 Å². The van der Waals surface area contributed by atoms with Crippen LogP contribution >= 0.6 is 0 Å². The van der Waals surface area contributed by atoms with Gasteiger partial charge in [-0.3, -0.25) is 8.57 Å². The van der Waals surface area contributed by atoms with E-state index in [1.807, 2.05) is 107 Å². The molecule has 72 heavy (non-hydrogen) atoms. The van der Waals surface area contributed by atoms with E-state index in [1.165, 1.54) is 28.8 Å². The Morgan fingerprint density at radius 3 is 1.50 bits per heavy atom. The second-order valence-electron chi connectivity index (χ2n) is 18.7. The van der Waals surface area contributed by atoms with Crippen LogP contribution in [0.15, 0.2) is 150 Å². The van der Waals surface area contributed by atoms with Gasteiger partial charge in [0, 0.05) is 25.2 Å². The molecule has 0 radical (unpaired) electrons. The zero-order valence-electron chi connectivity index (χ0n) is 44.6. The third-order valence-electron chi connectivity index (χ3n) is 12.2. The number of rotatable bonds is 19. The minimum atomic E-state index is -3.70. The average Bonchev–Trinajstić information content (AvgIpc) is 4.07. The van der Waals surface area contributed by atoms with E-state index >= 15 is 0 Å². The van der Waals surface area contributed by atoms with Gasteiger partial charge in [-0.2, -0.15) is 8.42 Å². The van der Waals surface area contributed by atoms with Crippen LogP contribution in [0, 0.1) is 6.92 Å². The van der Waals surface area contributed by atoms with Gasteiger partial charge in [-0.15, -0.1) is 0 Å². The fourth-order valence-electron chi connectivity index (χ4n) is 8.90. The van der Waals surface area contributed by atoms with Crippen molar-refractivity contribution in [2.24, 2.45) is 0 Å². The zero-order chi connectivity index (χ0) is 51.4. The van der Waals surface area contributed by atoms with Gasteiger partial charge in [0.15, 0.2) is 11.6 Å². The number of benzene rings is 5. The number of nitrogens with one attached hydrogen (secondary N) is 2. The maximum Gasteiger partial charge on any atom is 1.00 e. The standard InChI is InChI=1S/C24H31NO4.C16H18O4S.C15H21NO3.CH3F.Na.H/c1-24(2)28-22-20(25-16-18-9-5-3-6-10-18)15-21(23(22)29-24)27-14-13-26-17-19-11-7-4-8-12-19;1-14-7-9-16(10-8-14)21(17,18)20-12-11-19-13-15-5-3-2-4-6-15;1-15(2)18-13-11(8-12(17)14(13)19-15)16-9-10-6-4-3-5-7-10;1-2;;/h3-12,20-23,25H,13-17H2,1-2H3;2-10H,11-13H2,1H3;3-7,11-14,16-17H,8-9H2,1-2H3;1H3;;/q;;;;+1;-1/t20-,21+,22+,23-;;11-,12+,13+,14-;;;/m1.1.../s1/i;;;1D;;. The Kier molecular flexibility index (Phi) is 23.8. The molecule has 0 unspecified atom stereocenters. The molecule has 2 aliphatic carbocycles. The van der Waals surface area contributed by atoms with Crippen molar-refractivity contribution in [2.45, 2.75) is 139 Å². The van der Waals surface area contributed by atoms with Crippen molar-refractivity contribution < 1.29 is 87.6 Å². The maximum absolute atomic E-state index is 11.9. The third kappa shape index (κ3) is 18.7. The summed E-state index contributed by atoms with van der Waals surface area (Å²) in [6, 6.07) is 47.4. The largest absolute Gasteiger partial charge is 1.00 e. The first-order valence-corrected chi connectivity index (χ1v) is 25.7. The number of aryl methyl sites for hydroxylation is 1. The molecule has 8 atom stereocenters. The number of halogens is 1. The fourth-order valence-corrected chi connectivity index (χ4v) is 9.80. The minimum absolute atomic E-state index is 0. The van der Waals surface area contributed by atoms with Crippen molar-refractivity contribution in [1.82, 2.24) is 10.6 Å². The number of hydrogen-bond acceptors (Lipinski definition) is 13. The molecule has 4 fully saturated rings. The second-order valence-corrected chi connectivity index (χ2v) is 20.3. The van der Waals surface area contributed by atoms with Gasteiger partial charge in [0.2, 0.25) is 0 Å². The van der Waals surface area contributed by atoms with E-state index in [2.05, 4.69) is 59.2 Å². The van der Waals surface area contributed by atoms with Gasteiger partial charge in [0.1, 0.15) is 24.4 Å². The molecule has 2 heterocycles. The van der Waals surface area contributed by atoms with E-state index in [0.29, 0.717) is 32.8 Å². The zero-order valence-corrected chi connectivity index (χ0v) is 45.4. The SMILES string of the molecule is CC1(C)O[C@@H]2[C@H](O1)[C@@H](O)C[C@H]2NCc1ccccc1.CC1(C)O[C@@H]2[C@H](O1)[C@@H](OCCOCc1ccccc1)C[C@H]2NCc1ccccc1.Cc1ccc(S(=O)(=O)OCCOCc2ccccc2)cc1.[2H]CF.[H-].[Na+]. The summed E-state index contributed by atoms with van der Waals surface area (Å²) in [5.74, 6) is -1.17. The van der Waals surface area contributed by atoms with Crippen LogP contribution in [0.3, 0.4) is 0 Å². The normalized spacial score (nSPS) is 24.4. The number of alkyl halides is 1. The monoisotopic (exact) mass is 1030 g/mol. The number of hydrogen-bond donors (Lipinski definition) is 3. The summed E-state index contributed by atoms with van der Waals surface area (Å²) in [4.78, 5) is 0.163. The summed E-state index contributed by atoms with van der Waals surface area (Å²) in [5.41, 5.74) is 5.71. The maximum atomic E-state index is 11.9. The van der Waals surface area contributed by atoms with Gasteiger partial charge in [-0.25, -0.2) is 0 Å². The van der Waals surface area contributed by atoms with Crippen LogP contribution in [0.5, 0.6) is 0 Å². The van der Waals surface area contributed by atoms with Crippen LogP contribution in [-0.4, -0.2) is 107 Å². The topological polar surface area (TPSA) is 152 Å². The first kappa shape index (κ1) is 57.8. The number of aliphatic hydroxyl groups is 1. The fraction of sp³-hybridized carbons (Fsp3) is 0.464. The molecule has 0 bridgehead atoms. The van der Waals surface area contributed by atoms with Crippen LogP contribution in [0.25, 0.3) is 0 Å². The second kappa shape index (κ2) is 29.6. The van der Waals surface area contributed by atoms with E-state index in [1.54, 1.807) is 12.1 Å². The van der Waals surface area contributed by atoms with Crippen molar-refractivity contribution in [3.8, 4) is 0 Å². The van der Waals surface area contributed by atoms with Crippen LogP contribution in [-0.2, 0) is 73.8 Å². The summed E-state index contributed by atoms with van der Waals surface area (Å²) < 4.78 is 85.5. The van der Waals surface area contributed by atoms with E-state index < -0.39 is 34.9 Å². The summed E-state index contributed by atoms with van der Waals surface area (Å²) >= 11 is 0. The number of aliphatic hydroxyl groups excluding tert-OH is 1. The van der Waals surface area contributed by atoms with Crippen LogP contribution in [0.1, 0.15) is 71.2 Å². The first-order valence-electron chi connectivity index (χ1n) is 25.0. The molecule has 0 aromatic heterocycles. The summed E-state index contributed by atoms with van der Waals surface area (Å²) in [6.45, 7) is 13.6. The smallest absolute Gasteiger partial charge is 1.00 e. The molecule has 2 aliphatic heterocycles. The number of ether oxygens (including phenoxy) is 7. The Morgan fingerprint density at radius 2 is 1.01 bits per heavy atom. The van der Waals surface area contributed by atoms with Gasteiger partial charge in [0.25, 0.3) is 10.1 Å². The van der Waals surface area contributed by atoms with Crippen LogP contribution in [0.4, 0.5) is 4.39 Å². The Hall–Kier alpha value is -3.46. The molecule has 4 aliphatic rings. The van der Waals surface area contributed by atoms with Crippen molar-refractivity contribution in [2.75, 3.05) is 33.6 Å². The van der Waals surface area contributed by atoms with Gasteiger partial charge >= 0.3 is 29.6 Å². The molecule has 2 saturated carbocycles. The molecule has 16 heteroatoms. The molecule has 13 nitrogen and oxygen atoms in total. The molecular weight excluding hydrogens is 951 g/mol. The van der Waals surface area contributed by atoms with Crippen molar-refractivity contribution >= 4 is 10.1 Å². The predicted octanol–water partition coefficient (Wildman–Crippen LogP) is 5.72. The molecule has 0 amide bonds. The van der Waals surface area contributed by atoms with Gasteiger partial charge < -0.3 is 50.3 Å². The molecule has 388 valence electrons. The quantitative estimate of drug-likeness (QED) is 0.0526. The first-order chi connectivity index (χ1) is 34.6. The molecule has 2 saturated heterocycles. The number of fused-ring (bicyclic) bond motifs is 2. The van der Waals surface area contributed by atoms with Gasteiger partial charge in [-0.1, -0.05) is 139 Å². The third-order valence-corrected chi connectivity index (χ3v) is 13.6. The molecular formula is C56H74FN2NaO11S. The molecule has 0 spiro atoms. The molecule has 5 aromatic rings. The van der Waals surface area contributed by atoms with Crippen LogP contribution in [0.2, 0.25) is 0 Å². The Balaban J connectivity index is 0.000000237. The minimum Gasteiger partial charge on any atom is -1.00 e. The van der Waals surface area contributed by atoms with Gasteiger partial charge in [-0.05, 0) is 81.8 Å². The summed E-state index contributed by atoms with van der Waals surface area (Å²) in [5, 5.41) is 17.2. The Bertz CT molecular complexity index is 2410. The summed E-state index contributed by atoms with van der Waals surface area (Å²) in [7, 11) is -4.70. The average molecular weight is 1030 g/mol. The molecule has 5 aromatic carbocycles. The van der Waals surface area contributed by atoms with E-state index in [9.17, 15) is 17.9 Å². The molecule has 9 rings (SSSR count). The Labute approximate surface area is 451 Å². The van der Waals surface area contributed by atoms with Crippen molar-refractivity contribution in [3.63, 3.8) is 0 Å². The van der Waals surface area contributed by atoms with E-state index in [4.69, 9.17) is 38.7 Å². The molecule has 3 N–H and O–H groups in total. The van der Waals surface area contributed by atoms with Crippen molar-refractivity contribution in [3.05, 3.63) is 173 Å². The van der Waals surface area contributed by atoms with Crippen LogP contribution < -0.4 is 40.2 Å². The predicted molar refractivity (Wildman–Crippen MR) is 271 cm³/mol. The van der Waals surface area contributed by atoms with Crippen molar-refractivity contribution in [1.29, 1.82) is 0 Å². The van der Waals surface area contributed by atoms with E-state index in [-0.39, 0.29) is 91.7 Å². The summed E-state index contributed by atoms with van der Waals surface area (Å²) in [6.07, 6.45) is 0.804. The van der Waals surface area contributed by atoms with E-state index in [0.717, 1.165) is 30.6 Å². The Morgan fingerprint density at radius 1 is 0.611 bits per heavy atom.